The molecule has 2 aliphatic carbocycles. The lowest BCUT2D eigenvalue weighted by molar-refractivity contribution is 0.282. The molecule has 3 aliphatic rings. The van der Waals surface area contributed by atoms with Crippen molar-refractivity contribution in [1.82, 2.24) is 15.0 Å². The van der Waals surface area contributed by atoms with Gasteiger partial charge in [0.05, 0.1) is 0 Å². The van der Waals surface area contributed by atoms with E-state index in [1.807, 2.05) is 42.5 Å². The van der Waals surface area contributed by atoms with Crippen LogP contribution in [0.4, 0.5) is 0 Å². The third-order valence-corrected chi connectivity index (χ3v) is 9.67. The van der Waals surface area contributed by atoms with Crippen LogP contribution in [0.25, 0.3) is 72.2 Å². The van der Waals surface area contributed by atoms with Crippen molar-refractivity contribution in [1.29, 1.82) is 0 Å². The van der Waals surface area contributed by atoms with Crippen LogP contribution in [-0.2, 0) is 0 Å². The molecule has 1 atom stereocenters. The summed E-state index contributed by atoms with van der Waals surface area (Å²) in [6.07, 6.45) is 13.8. The molecule has 0 saturated heterocycles. The second kappa shape index (κ2) is 10.7. The smallest absolute Gasteiger partial charge is 0.164 e. The summed E-state index contributed by atoms with van der Waals surface area (Å²) < 4.78 is 13.0. The first-order valence-corrected chi connectivity index (χ1v) is 16.5. The molecule has 48 heavy (non-hydrogen) atoms. The summed E-state index contributed by atoms with van der Waals surface area (Å²) in [6.45, 7) is 0. The van der Waals surface area contributed by atoms with Crippen LogP contribution in [0, 0.1) is 0 Å². The van der Waals surface area contributed by atoms with E-state index >= 15 is 0 Å². The molecule has 0 spiro atoms. The van der Waals surface area contributed by atoms with Gasteiger partial charge in [-0.2, -0.15) is 0 Å². The van der Waals surface area contributed by atoms with Crippen LogP contribution in [-0.4, -0.2) is 21.1 Å². The monoisotopic (exact) mass is 619 g/mol. The van der Waals surface area contributed by atoms with Crippen molar-refractivity contribution in [2.24, 2.45) is 0 Å². The van der Waals surface area contributed by atoms with Crippen LogP contribution in [0.5, 0.6) is 5.75 Å². The summed E-state index contributed by atoms with van der Waals surface area (Å²) in [4.78, 5) is 15.0. The van der Waals surface area contributed by atoms with Gasteiger partial charge >= 0.3 is 0 Å². The number of furan rings is 1. The number of hydrogen-bond donors (Lipinski definition) is 0. The lowest BCUT2D eigenvalue weighted by atomic mass is 9.88. The molecule has 0 N–H and O–H groups in total. The van der Waals surface area contributed by atoms with E-state index < -0.39 is 0 Å². The molecule has 10 rings (SSSR count). The summed E-state index contributed by atoms with van der Waals surface area (Å²) in [7, 11) is 0. The Bertz CT molecular complexity index is 2570. The summed E-state index contributed by atoms with van der Waals surface area (Å²) >= 11 is 0. The van der Waals surface area contributed by atoms with E-state index in [0.29, 0.717) is 17.5 Å². The Hall–Kier alpha value is -6.07. The molecule has 0 bridgehead atoms. The van der Waals surface area contributed by atoms with E-state index in [1.54, 1.807) is 0 Å². The first kappa shape index (κ1) is 27.1. The maximum absolute atomic E-state index is 6.54. The summed E-state index contributed by atoms with van der Waals surface area (Å²) in [5.74, 6) is 2.93. The maximum atomic E-state index is 6.54. The molecule has 3 heterocycles. The van der Waals surface area contributed by atoms with Crippen molar-refractivity contribution in [3.05, 3.63) is 150 Å². The number of ether oxygens (including phenoxy) is 1. The average Bonchev–Trinajstić information content (AvgIpc) is 3.71. The predicted octanol–water partition coefficient (Wildman–Crippen LogP) is 10.6. The number of allylic oxidation sites excluding steroid dienone is 6. The zero-order chi connectivity index (χ0) is 31.6. The van der Waals surface area contributed by atoms with Crippen LogP contribution >= 0.6 is 0 Å². The molecule has 0 radical (unpaired) electrons. The van der Waals surface area contributed by atoms with Crippen molar-refractivity contribution in [3.8, 4) is 28.5 Å². The lowest BCUT2D eigenvalue weighted by Gasteiger charge is -2.19. The molecule has 1 unspecified atom stereocenters. The lowest BCUT2D eigenvalue weighted by Crippen LogP contribution is -2.15. The standard InChI is InChI=1S/C43H29N3O2/c1-3-10-26(11-4-1)41-44-42(27-12-5-2-6-13-27)46-43(45-41)33-16-9-17-37-40(33)35-23-30(19-21-36(35)47-37)31-18-20-32-34-22-28-14-7-8-15-29(28)24-39(34)48-38(32)25-31/h1,3-5,7-24,38H,2,6,25H2. The fourth-order valence-electron chi connectivity index (χ4n) is 7.29. The highest BCUT2D eigenvalue weighted by molar-refractivity contribution is 6.12. The molecule has 1 aliphatic heterocycles. The molecular formula is C43H29N3O2. The first-order valence-electron chi connectivity index (χ1n) is 16.5. The topological polar surface area (TPSA) is 61.0 Å². The molecule has 2 aromatic heterocycles. The Morgan fingerprint density at radius 2 is 1.46 bits per heavy atom. The normalized spacial score (nSPS) is 16.8. The van der Waals surface area contributed by atoms with Crippen LogP contribution in [0.2, 0.25) is 0 Å². The van der Waals surface area contributed by atoms with Crippen LogP contribution in [0.15, 0.2) is 138 Å². The largest absolute Gasteiger partial charge is 0.485 e. The van der Waals surface area contributed by atoms with Crippen LogP contribution < -0.4 is 4.74 Å². The zero-order valence-corrected chi connectivity index (χ0v) is 26.1. The first-order chi connectivity index (χ1) is 23.7. The van der Waals surface area contributed by atoms with E-state index in [1.165, 1.54) is 27.5 Å². The molecule has 0 fully saturated rings. The minimum atomic E-state index is -0.00708. The van der Waals surface area contributed by atoms with E-state index in [0.717, 1.165) is 69.2 Å². The average molecular weight is 620 g/mol. The molecule has 0 saturated carbocycles. The van der Waals surface area contributed by atoms with Gasteiger partial charge in [-0.3, -0.25) is 0 Å². The van der Waals surface area contributed by atoms with E-state index in [9.17, 15) is 0 Å². The maximum Gasteiger partial charge on any atom is 0.164 e. The van der Waals surface area contributed by atoms with Crippen LogP contribution in [0.1, 0.15) is 36.2 Å². The Morgan fingerprint density at radius 3 is 2.33 bits per heavy atom. The van der Waals surface area contributed by atoms with E-state index in [2.05, 4.69) is 91.0 Å². The number of benzene rings is 5. The molecule has 228 valence electrons. The number of rotatable bonds is 4. The molecule has 5 nitrogen and oxygen atoms in total. The molecule has 0 amide bonds. The zero-order valence-electron chi connectivity index (χ0n) is 26.1. The highest BCUT2D eigenvalue weighted by Crippen LogP contribution is 2.46. The van der Waals surface area contributed by atoms with Crippen molar-refractivity contribution in [2.75, 3.05) is 0 Å². The van der Waals surface area contributed by atoms with Gasteiger partial charge in [0.15, 0.2) is 17.5 Å². The van der Waals surface area contributed by atoms with Gasteiger partial charge in [0.1, 0.15) is 23.0 Å². The summed E-state index contributed by atoms with van der Waals surface area (Å²) in [6, 6.07) is 35.6. The fourth-order valence-corrected chi connectivity index (χ4v) is 7.29. The van der Waals surface area contributed by atoms with E-state index in [-0.39, 0.29) is 6.10 Å². The van der Waals surface area contributed by atoms with Crippen molar-refractivity contribution >= 4 is 49.4 Å². The van der Waals surface area contributed by atoms with Crippen molar-refractivity contribution in [3.63, 3.8) is 0 Å². The molecule has 7 aromatic rings. The van der Waals surface area contributed by atoms with Gasteiger partial charge in [-0.15, -0.1) is 0 Å². The minimum absolute atomic E-state index is 0.00708. The quantitative estimate of drug-likeness (QED) is 0.196. The summed E-state index contributed by atoms with van der Waals surface area (Å²) in [5, 5.41) is 4.47. The number of hydrogen-bond acceptors (Lipinski definition) is 5. The molecule has 5 heteroatoms. The highest BCUT2D eigenvalue weighted by Gasteiger charge is 2.32. The number of fused-ring (bicyclic) bond motifs is 7. The summed E-state index contributed by atoms with van der Waals surface area (Å²) in [5.41, 5.74) is 9.37. The Morgan fingerprint density at radius 1 is 0.625 bits per heavy atom. The predicted molar refractivity (Wildman–Crippen MR) is 193 cm³/mol. The SMILES string of the molecule is C1=CC(c2nc(-c3ccccc3)nc(-c3cccc4oc5ccc(C6=CC=C7c8cc9ccccc9cc8OC7C6)cc5c34)n2)=CCC1. The third-order valence-electron chi connectivity index (χ3n) is 9.67. The minimum Gasteiger partial charge on any atom is -0.485 e. The van der Waals surface area contributed by atoms with Gasteiger partial charge < -0.3 is 9.15 Å². The third kappa shape index (κ3) is 4.43. The van der Waals surface area contributed by atoms with Gasteiger partial charge in [0.25, 0.3) is 0 Å². The fraction of sp³-hybridized carbons (Fsp3) is 0.0930. The van der Waals surface area contributed by atoms with Gasteiger partial charge in [-0.25, -0.2) is 15.0 Å². The molecule has 5 aromatic carbocycles. The van der Waals surface area contributed by atoms with Gasteiger partial charge in [0.2, 0.25) is 0 Å². The second-order valence-electron chi connectivity index (χ2n) is 12.6. The van der Waals surface area contributed by atoms with Crippen molar-refractivity contribution < 1.29 is 9.15 Å². The number of aromatic nitrogens is 3. The molecular weight excluding hydrogens is 590 g/mol. The van der Waals surface area contributed by atoms with Crippen LogP contribution in [0.3, 0.4) is 0 Å². The second-order valence-corrected chi connectivity index (χ2v) is 12.6. The van der Waals surface area contributed by atoms with Gasteiger partial charge in [-0.05, 0) is 65.1 Å². The number of nitrogens with zero attached hydrogens (tertiary/aromatic N) is 3. The van der Waals surface area contributed by atoms with Gasteiger partial charge in [0, 0.05) is 45.0 Å². The Kier molecular flexibility index (Phi) is 6.06. The van der Waals surface area contributed by atoms with Crippen molar-refractivity contribution in [2.45, 2.75) is 25.4 Å². The Labute approximate surface area is 277 Å². The van der Waals surface area contributed by atoms with Gasteiger partial charge in [-0.1, -0.05) is 103 Å². The Balaban J connectivity index is 1.09. The highest BCUT2D eigenvalue weighted by atomic mass is 16.5. The van der Waals surface area contributed by atoms with E-state index in [4.69, 9.17) is 24.1 Å².